The first kappa shape index (κ1) is 18.1. The minimum atomic E-state index is -1.03. The summed E-state index contributed by atoms with van der Waals surface area (Å²) in [5.74, 6) is -1.23. The summed E-state index contributed by atoms with van der Waals surface area (Å²) in [6, 6.07) is 3.27. The van der Waals surface area contributed by atoms with Gasteiger partial charge < -0.3 is 19.3 Å². The molecule has 3 aliphatic rings. The average Bonchev–Trinajstić information content (AvgIpc) is 2.83. The van der Waals surface area contributed by atoms with E-state index in [2.05, 4.69) is 0 Å². The van der Waals surface area contributed by atoms with Gasteiger partial charge in [0.15, 0.2) is 17.1 Å². The zero-order chi connectivity index (χ0) is 18.5. The molecule has 2 aliphatic heterocycles. The Kier molecular flexibility index (Phi) is 4.47. The molecular formula is C19H20Cl2O5. The van der Waals surface area contributed by atoms with Crippen LogP contribution in [0.4, 0.5) is 0 Å². The third-order valence-corrected chi connectivity index (χ3v) is 6.02. The van der Waals surface area contributed by atoms with Crippen LogP contribution in [0.1, 0.15) is 43.2 Å². The summed E-state index contributed by atoms with van der Waals surface area (Å²) in [4.78, 5) is 12.6. The number of ether oxygens (including phenoxy) is 3. The molecule has 7 heteroatoms. The number of carbonyl (C=O) groups is 1. The lowest BCUT2D eigenvalue weighted by Gasteiger charge is -2.45. The summed E-state index contributed by atoms with van der Waals surface area (Å²) in [6.07, 6.45) is 2.89. The quantitative estimate of drug-likeness (QED) is 0.701. The van der Waals surface area contributed by atoms with Gasteiger partial charge in [0.05, 0.1) is 18.2 Å². The first-order valence-electron chi connectivity index (χ1n) is 8.77. The second kappa shape index (κ2) is 6.41. The molecule has 2 fully saturated rings. The lowest BCUT2D eigenvalue weighted by molar-refractivity contribution is -0.290. The Morgan fingerprint density at radius 1 is 1.08 bits per heavy atom. The van der Waals surface area contributed by atoms with E-state index < -0.39 is 17.4 Å². The molecule has 5 nitrogen and oxygen atoms in total. The Hall–Kier alpha value is -1.27. The van der Waals surface area contributed by atoms with Crippen LogP contribution in [0.15, 0.2) is 17.9 Å². The Balaban J connectivity index is 1.68. The van der Waals surface area contributed by atoms with E-state index in [4.69, 9.17) is 37.4 Å². The number of hydrogen-bond acceptors (Lipinski definition) is 5. The Bertz CT molecular complexity index is 762. The third-order valence-electron chi connectivity index (χ3n) is 5.50. The Morgan fingerprint density at radius 2 is 1.73 bits per heavy atom. The van der Waals surface area contributed by atoms with Crippen LogP contribution in [0, 0.1) is 6.92 Å². The van der Waals surface area contributed by atoms with E-state index in [1.807, 2.05) is 0 Å². The van der Waals surface area contributed by atoms with Gasteiger partial charge >= 0.3 is 5.97 Å². The average molecular weight is 399 g/mol. The Labute approximate surface area is 161 Å². The standard InChI is InChI=1S/C19H20Cl2O5/c1-11-9-12(20)10-13(21)14(11)15-16(22)18(26-17(15)23)3-5-19(6-4-18)24-7-2-8-25-19/h9-10,22H,2-8H2,1H3. The number of rotatable bonds is 1. The van der Waals surface area contributed by atoms with Crippen LogP contribution >= 0.6 is 23.2 Å². The van der Waals surface area contributed by atoms with Crippen LogP contribution in [0.25, 0.3) is 5.57 Å². The van der Waals surface area contributed by atoms with Gasteiger partial charge in [-0.1, -0.05) is 23.2 Å². The largest absolute Gasteiger partial charge is 0.507 e. The summed E-state index contributed by atoms with van der Waals surface area (Å²) in [5.41, 5.74) is 0.285. The molecule has 1 aromatic rings. The number of aliphatic hydroxyl groups is 1. The van der Waals surface area contributed by atoms with E-state index in [1.54, 1.807) is 19.1 Å². The summed E-state index contributed by atoms with van der Waals surface area (Å²) >= 11 is 12.3. The van der Waals surface area contributed by atoms with E-state index in [1.165, 1.54) is 0 Å². The van der Waals surface area contributed by atoms with Gasteiger partial charge in [0.25, 0.3) is 0 Å². The highest BCUT2D eigenvalue weighted by atomic mass is 35.5. The molecule has 0 radical (unpaired) electrons. The van der Waals surface area contributed by atoms with Gasteiger partial charge in [0.2, 0.25) is 0 Å². The van der Waals surface area contributed by atoms with Crippen molar-refractivity contribution in [1.29, 1.82) is 0 Å². The molecule has 2 spiro atoms. The first-order chi connectivity index (χ1) is 12.4. The van der Waals surface area contributed by atoms with Crippen molar-refractivity contribution in [3.05, 3.63) is 39.1 Å². The number of hydrogen-bond donors (Lipinski definition) is 1. The zero-order valence-electron chi connectivity index (χ0n) is 14.4. The molecule has 0 atom stereocenters. The molecule has 1 aromatic carbocycles. The number of aryl methyl sites for hydroxylation is 1. The topological polar surface area (TPSA) is 65.0 Å². The van der Waals surface area contributed by atoms with Crippen molar-refractivity contribution in [2.45, 2.75) is 50.4 Å². The van der Waals surface area contributed by atoms with Crippen LogP contribution in [-0.2, 0) is 19.0 Å². The molecular weight excluding hydrogens is 379 g/mol. The maximum Gasteiger partial charge on any atom is 0.343 e. The number of benzene rings is 1. The van der Waals surface area contributed by atoms with Crippen LogP contribution in [-0.4, -0.2) is 35.7 Å². The van der Waals surface area contributed by atoms with E-state index in [9.17, 15) is 9.90 Å². The molecule has 0 amide bonds. The van der Waals surface area contributed by atoms with Crippen molar-refractivity contribution in [1.82, 2.24) is 0 Å². The number of carbonyl (C=O) groups excluding carboxylic acids is 1. The van der Waals surface area contributed by atoms with E-state index >= 15 is 0 Å². The Morgan fingerprint density at radius 3 is 2.35 bits per heavy atom. The SMILES string of the molecule is Cc1cc(Cl)cc(Cl)c1C1=C(O)C2(CCC3(CC2)OCCCO3)OC1=O. The summed E-state index contributed by atoms with van der Waals surface area (Å²) < 4.78 is 17.4. The summed E-state index contributed by atoms with van der Waals surface area (Å²) in [6.45, 7) is 3.13. The van der Waals surface area contributed by atoms with Crippen LogP contribution in [0.2, 0.25) is 10.0 Å². The minimum Gasteiger partial charge on any atom is -0.507 e. The normalized spacial score (nSPS) is 24.3. The molecule has 0 aromatic heterocycles. The second-order valence-electron chi connectivity index (χ2n) is 7.15. The van der Waals surface area contributed by atoms with Crippen molar-refractivity contribution < 1.29 is 24.1 Å². The van der Waals surface area contributed by atoms with Gasteiger partial charge in [-0.25, -0.2) is 4.79 Å². The third kappa shape index (κ3) is 2.82. The molecule has 1 saturated heterocycles. The van der Waals surface area contributed by atoms with E-state index in [0.29, 0.717) is 60.1 Å². The predicted octanol–water partition coefficient (Wildman–Crippen LogP) is 4.57. The molecule has 0 unspecified atom stereocenters. The fourth-order valence-electron chi connectivity index (χ4n) is 4.12. The van der Waals surface area contributed by atoms with Gasteiger partial charge in [0.1, 0.15) is 5.57 Å². The second-order valence-corrected chi connectivity index (χ2v) is 7.99. The van der Waals surface area contributed by atoms with Gasteiger partial charge in [0, 0.05) is 23.4 Å². The number of aliphatic hydroxyl groups excluding tert-OH is 1. The molecule has 2 heterocycles. The smallest absolute Gasteiger partial charge is 0.343 e. The van der Waals surface area contributed by atoms with E-state index in [-0.39, 0.29) is 11.3 Å². The summed E-state index contributed by atoms with van der Waals surface area (Å²) in [7, 11) is 0. The van der Waals surface area contributed by atoms with Gasteiger partial charge in [-0.2, -0.15) is 0 Å². The molecule has 1 saturated carbocycles. The van der Waals surface area contributed by atoms with Gasteiger partial charge in [-0.05, 0) is 43.9 Å². The highest BCUT2D eigenvalue weighted by Crippen LogP contribution is 2.50. The van der Waals surface area contributed by atoms with Crippen molar-refractivity contribution in [2.75, 3.05) is 13.2 Å². The van der Waals surface area contributed by atoms with Crippen molar-refractivity contribution >= 4 is 34.7 Å². The first-order valence-corrected chi connectivity index (χ1v) is 9.52. The molecule has 0 bridgehead atoms. The number of halogens is 2. The van der Waals surface area contributed by atoms with Gasteiger partial charge in [-0.15, -0.1) is 0 Å². The van der Waals surface area contributed by atoms with Gasteiger partial charge in [-0.3, -0.25) is 0 Å². The van der Waals surface area contributed by atoms with Crippen LogP contribution < -0.4 is 0 Å². The maximum atomic E-state index is 12.6. The maximum absolute atomic E-state index is 12.6. The van der Waals surface area contributed by atoms with Crippen molar-refractivity contribution in [3.8, 4) is 0 Å². The predicted molar refractivity (Wildman–Crippen MR) is 97.3 cm³/mol. The van der Waals surface area contributed by atoms with Crippen LogP contribution in [0.5, 0.6) is 0 Å². The molecule has 1 N–H and O–H groups in total. The number of esters is 1. The molecule has 26 heavy (non-hydrogen) atoms. The fourth-order valence-corrected chi connectivity index (χ4v) is 4.81. The van der Waals surface area contributed by atoms with E-state index in [0.717, 1.165) is 6.42 Å². The fraction of sp³-hybridized carbons (Fsp3) is 0.526. The molecule has 4 rings (SSSR count). The molecule has 140 valence electrons. The zero-order valence-corrected chi connectivity index (χ0v) is 16.0. The highest BCUT2D eigenvalue weighted by molar-refractivity contribution is 6.37. The lowest BCUT2D eigenvalue weighted by atomic mass is 9.79. The molecule has 1 aliphatic carbocycles. The monoisotopic (exact) mass is 398 g/mol. The van der Waals surface area contributed by atoms with Crippen molar-refractivity contribution in [2.24, 2.45) is 0 Å². The van der Waals surface area contributed by atoms with Crippen LogP contribution in [0.3, 0.4) is 0 Å². The van der Waals surface area contributed by atoms with Crippen molar-refractivity contribution in [3.63, 3.8) is 0 Å². The minimum absolute atomic E-state index is 0.0551. The highest BCUT2D eigenvalue weighted by Gasteiger charge is 2.55. The lowest BCUT2D eigenvalue weighted by Crippen LogP contribution is -2.49. The summed E-state index contributed by atoms with van der Waals surface area (Å²) in [5, 5.41) is 11.7.